The molecule has 0 fully saturated rings. The minimum Gasteiger partial charge on any atom is -0.504 e. The Bertz CT molecular complexity index is 1040. The van der Waals surface area contributed by atoms with Crippen molar-refractivity contribution >= 4 is 34.8 Å². The lowest BCUT2D eigenvalue weighted by Crippen LogP contribution is -2.32. The molecule has 1 unspecified atom stereocenters. The van der Waals surface area contributed by atoms with Crippen LogP contribution in [0.4, 0.5) is 5.69 Å². The highest BCUT2D eigenvalue weighted by Gasteiger charge is 2.23. The van der Waals surface area contributed by atoms with Gasteiger partial charge in [0.05, 0.1) is 27.7 Å². The van der Waals surface area contributed by atoms with E-state index in [-0.39, 0.29) is 16.5 Å². The van der Waals surface area contributed by atoms with E-state index >= 15 is 0 Å². The van der Waals surface area contributed by atoms with Crippen molar-refractivity contribution in [1.82, 2.24) is 9.55 Å². The van der Waals surface area contributed by atoms with Gasteiger partial charge < -0.3 is 19.7 Å². The zero-order valence-electron chi connectivity index (χ0n) is 16.2. The number of phenolic OH excluding ortho intramolecular Hbond substituents is 1. The van der Waals surface area contributed by atoms with Crippen molar-refractivity contribution in [1.29, 1.82) is 0 Å². The van der Waals surface area contributed by atoms with Gasteiger partial charge in [-0.15, -0.1) is 0 Å². The zero-order chi connectivity index (χ0) is 21.1. The van der Waals surface area contributed by atoms with E-state index in [2.05, 4.69) is 10.3 Å². The molecule has 152 valence electrons. The Kier molecular flexibility index (Phi) is 6.35. The quantitative estimate of drug-likeness (QED) is 0.517. The molecule has 2 N–H and O–H groups in total. The van der Waals surface area contributed by atoms with Gasteiger partial charge in [0.15, 0.2) is 11.9 Å². The van der Waals surface area contributed by atoms with Crippen LogP contribution in [0.25, 0.3) is 5.69 Å². The number of nitrogens with one attached hydrogen (secondary N) is 1. The van der Waals surface area contributed by atoms with Crippen LogP contribution < -0.4 is 10.1 Å². The summed E-state index contributed by atoms with van der Waals surface area (Å²) >= 11 is 12.5. The molecule has 1 atom stereocenters. The van der Waals surface area contributed by atoms with Gasteiger partial charge >= 0.3 is 0 Å². The van der Waals surface area contributed by atoms with E-state index in [1.807, 2.05) is 19.9 Å². The molecule has 6 nitrogen and oxygen atoms in total. The van der Waals surface area contributed by atoms with Crippen molar-refractivity contribution < 1.29 is 14.6 Å². The van der Waals surface area contributed by atoms with Gasteiger partial charge in [0, 0.05) is 12.4 Å². The summed E-state index contributed by atoms with van der Waals surface area (Å²) in [6, 6.07) is 6.99. The molecule has 0 aliphatic heterocycles. The third-order valence-electron chi connectivity index (χ3n) is 4.52. The smallest absolute Gasteiger partial charge is 0.265 e. The molecule has 0 aliphatic carbocycles. The Balaban J connectivity index is 1.87. The van der Waals surface area contributed by atoms with E-state index in [0.29, 0.717) is 28.4 Å². The molecule has 3 aromatic rings. The van der Waals surface area contributed by atoms with Crippen LogP contribution in [-0.4, -0.2) is 26.7 Å². The van der Waals surface area contributed by atoms with E-state index in [4.69, 9.17) is 27.9 Å². The number of anilines is 1. The first-order chi connectivity index (χ1) is 13.8. The number of rotatable bonds is 6. The van der Waals surface area contributed by atoms with Gasteiger partial charge in [-0.1, -0.05) is 36.2 Å². The van der Waals surface area contributed by atoms with Gasteiger partial charge in [0.2, 0.25) is 0 Å². The predicted molar refractivity (Wildman–Crippen MR) is 115 cm³/mol. The molecular weight excluding hydrogens is 413 g/mol. The highest BCUT2D eigenvalue weighted by molar-refractivity contribution is 6.33. The lowest BCUT2D eigenvalue weighted by Gasteiger charge is -2.20. The van der Waals surface area contributed by atoms with E-state index in [0.717, 1.165) is 5.56 Å². The van der Waals surface area contributed by atoms with Crippen LogP contribution in [0.15, 0.2) is 43.0 Å². The standard InChI is InChI=1S/C21H21Cl2N3O3/c1-4-17(29-18-6-5-12(2)9-14(18)22)21(28)25-15-10-16(26-8-7-24-11-26)13(3)19(23)20(15)27/h5-11,17,27H,4H2,1-3H3,(H,25,28). The van der Waals surface area contributed by atoms with Crippen LogP contribution in [-0.2, 0) is 4.79 Å². The lowest BCUT2D eigenvalue weighted by atomic mass is 10.1. The fraction of sp³-hybridized carbons (Fsp3) is 0.238. The number of phenols is 1. The Hall–Kier alpha value is -2.70. The second-order valence-corrected chi connectivity index (χ2v) is 7.42. The first-order valence-corrected chi connectivity index (χ1v) is 9.81. The maximum Gasteiger partial charge on any atom is 0.265 e. The monoisotopic (exact) mass is 433 g/mol. The molecule has 0 spiro atoms. The molecular formula is C21H21Cl2N3O3. The number of carbonyl (C=O) groups excluding carboxylic acids is 1. The number of nitrogens with zero attached hydrogens (tertiary/aromatic N) is 2. The topological polar surface area (TPSA) is 76.4 Å². The van der Waals surface area contributed by atoms with Crippen molar-refractivity contribution in [3.05, 3.63) is 64.2 Å². The number of ether oxygens (including phenoxy) is 1. The molecule has 1 heterocycles. The first-order valence-electron chi connectivity index (χ1n) is 9.05. The second kappa shape index (κ2) is 8.76. The predicted octanol–water partition coefficient (Wildman–Crippen LogP) is 5.30. The Morgan fingerprint density at radius 1 is 1.31 bits per heavy atom. The Morgan fingerprint density at radius 3 is 2.69 bits per heavy atom. The number of aromatic hydroxyl groups is 1. The number of imidazole rings is 1. The van der Waals surface area contributed by atoms with Crippen molar-refractivity contribution in [2.75, 3.05) is 5.32 Å². The summed E-state index contributed by atoms with van der Waals surface area (Å²) in [5.41, 5.74) is 2.53. The molecule has 0 saturated carbocycles. The number of aryl methyl sites for hydroxylation is 1. The number of hydrogen-bond acceptors (Lipinski definition) is 4. The molecule has 0 aliphatic rings. The fourth-order valence-electron chi connectivity index (χ4n) is 2.88. The van der Waals surface area contributed by atoms with Crippen LogP contribution in [0.5, 0.6) is 11.5 Å². The Morgan fingerprint density at radius 2 is 2.07 bits per heavy atom. The van der Waals surface area contributed by atoms with Crippen molar-refractivity contribution in [3.63, 3.8) is 0 Å². The SMILES string of the molecule is CCC(Oc1ccc(C)cc1Cl)C(=O)Nc1cc(-n2ccnc2)c(C)c(Cl)c1O. The van der Waals surface area contributed by atoms with Crippen LogP contribution in [0.3, 0.4) is 0 Å². The van der Waals surface area contributed by atoms with Crippen LogP contribution in [0.2, 0.25) is 10.0 Å². The second-order valence-electron chi connectivity index (χ2n) is 6.64. The molecule has 0 bridgehead atoms. The third-order valence-corrected chi connectivity index (χ3v) is 5.28. The maximum absolute atomic E-state index is 12.8. The van der Waals surface area contributed by atoms with Crippen LogP contribution in [0, 0.1) is 13.8 Å². The maximum atomic E-state index is 12.8. The fourth-order valence-corrected chi connectivity index (χ4v) is 3.36. The highest BCUT2D eigenvalue weighted by Crippen LogP contribution is 2.38. The summed E-state index contributed by atoms with van der Waals surface area (Å²) in [5, 5.41) is 13.7. The summed E-state index contributed by atoms with van der Waals surface area (Å²) in [6.07, 6.45) is 4.60. The van der Waals surface area contributed by atoms with Gasteiger partial charge in [-0.25, -0.2) is 4.98 Å². The molecule has 8 heteroatoms. The summed E-state index contributed by atoms with van der Waals surface area (Å²) in [4.78, 5) is 16.8. The average Bonchev–Trinajstić information content (AvgIpc) is 3.22. The van der Waals surface area contributed by atoms with Gasteiger partial charge in [-0.2, -0.15) is 0 Å². The number of hydrogen-bond donors (Lipinski definition) is 2. The van der Waals surface area contributed by atoms with Crippen LogP contribution in [0.1, 0.15) is 24.5 Å². The third kappa shape index (κ3) is 4.49. The number of aromatic nitrogens is 2. The minimum atomic E-state index is -0.800. The average molecular weight is 434 g/mol. The van der Waals surface area contributed by atoms with E-state index in [1.165, 1.54) is 0 Å². The van der Waals surface area contributed by atoms with E-state index < -0.39 is 12.0 Å². The first kappa shape index (κ1) is 21.0. The molecule has 29 heavy (non-hydrogen) atoms. The number of amides is 1. The van der Waals surface area contributed by atoms with Crippen molar-refractivity contribution in [2.24, 2.45) is 0 Å². The van der Waals surface area contributed by atoms with Gasteiger partial charge in [0.1, 0.15) is 5.75 Å². The van der Waals surface area contributed by atoms with E-state index in [1.54, 1.807) is 48.4 Å². The molecule has 0 saturated heterocycles. The molecule has 0 radical (unpaired) electrons. The lowest BCUT2D eigenvalue weighted by molar-refractivity contribution is -0.122. The summed E-state index contributed by atoms with van der Waals surface area (Å²) in [7, 11) is 0. The molecule has 1 amide bonds. The number of benzene rings is 2. The number of carbonyl (C=O) groups is 1. The molecule has 2 aromatic carbocycles. The summed E-state index contributed by atoms with van der Waals surface area (Å²) in [6.45, 7) is 5.52. The minimum absolute atomic E-state index is 0.155. The summed E-state index contributed by atoms with van der Waals surface area (Å²) in [5.74, 6) is -0.204. The Labute approximate surface area is 179 Å². The van der Waals surface area contributed by atoms with E-state index in [9.17, 15) is 9.90 Å². The van der Waals surface area contributed by atoms with Crippen molar-refractivity contribution in [3.8, 4) is 17.2 Å². The largest absolute Gasteiger partial charge is 0.504 e. The highest BCUT2D eigenvalue weighted by atomic mass is 35.5. The normalized spacial score (nSPS) is 11.9. The van der Waals surface area contributed by atoms with Crippen molar-refractivity contribution in [2.45, 2.75) is 33.3 Å². The molecule has 1 aromatic heterocycles. The van der Waals surface area contributed by atoms with Gasteiger partial charge in [-0.05, 0) is 49.6 Å². The molecule has 3 rings (SSSR count). The number of halogens is 2. The summed E-state index contributed by atoms with van der Waals surface area (Å²) < 4.78 is 7.55. The van der Waals surface area contributed by atoms with Gasteiger partial charge in [-0.3, -0.25) is 4.79 Å². The van der Waals surface area contributed by atoms with Gasteiger partial charge in [0.25, 0.3) is 5.91 Å². The van der Waals surface area contributed by atoms with Crippen LogP contribution >= 0.6 is 23.2 Å². The zero-order valence-corrected chi connectivity index (χ0v) is 17.8.